The van der Waals surface area contributed by atoms with Crippen molar-refractivity contribution in [2.75, 3.05) is 6.54 Å². The number of aromatic nitrogens is 1. The average Bonchev–Trinajstić information content (AvgIpc) is 2.72. The number of nitrogens with one attached hydrogen (secondary N) is 2. The molecule has 1 aromatic carbocycles. The summed E-state index contributed by atoms with van der Waals surface area (Å²) in [4.78, 5) is 14.2. The van der Waals surface area contributed by atoms with Gasteiger partial charge in [0.15, 0.2) is 0 Å². The van der Waals surface area contributed by atoms with E-state index < -0.39 is 0 Å². The molecule has 4 heteroatoms. The third-order valence-electron chi connectivity index (χ3n) is 3.29. The van der Waals surface area contributed by atoms with Crippen molar-refractivity contribution in [3.8, 4) is 0 Å². The summed E-state index contributed by atoms with van der Waals surface area (Å²) in [5.74, 6) is -0.439. The van der Waals surface area contributed by atoms with E-state index in [2.05, 4.69) is 16.9 Å². The van der Waals surface area contributed by atoms with Gasteiger partial charge in [-0.15, -0.1) is 0 Å². The Morgan fingerprint density at radius 1 is 1.47 bits per heavy atom. The van der Waals surface area contributed by atoms with Gasteiger partial charge >= 0.3 is 0 Å². The molecule has 0 radical (unpaired) electrons. The number of carbonyl (C=O) groups excluding carboxylic acids is 1. The van der Waals surface area contributed by atoms with Gasteiger partial charge in [-0.05, 0) is 43.5 Å². The number of aromatic amines is 1. The van der Waals surface area contributed by atoms with Crippen LogP contribution in [0, 0.1) is 19.7 Å². The Bertz CT molecular complexity index is 643. The van der Waals surface area contributed by atoms with Crippen LogP contribution in [-0.2, 0) is 11.2 Å². The second kappa shape index (κ2) is 5.26. The number of H-pyrrole nitrogens is 1. The predicted octanol–water partition coefficient (Wildman–Crippen LogP) is 2.77. The van der Waals surface area contributed by atoms with E-state index in [9.17, 15) is 9.18 Å². The van der Waals surface area contributed by atoms with Gasteiger partial charge in [-0.3, -0.25) is 4.79 Å². The van der Waals surface area contributed by atoms with Gasteiger partial charge in [-0.1, -0.05) is 12.6 Å². The number of hydrogen-bond acceptors (Lipinski definition) is 1. The Morgan fingerprint density at radius 3 is 2.89 bits per heavy atom. The van der Waals surface area contributed by atoms with Crippen molar-refractivity contribution >= 4 is 16.8 Å². The molecule has 0 aliphatic carbocycles. The van der Waals surface area contributed by atoms with Gasteiger partial charge in [0.05, 0.1) is 5.52 Å². The number of benzene rings is 1. The number of halogens is 1. The topological polar surface area (TPSA) is 44.9 Å². The van der Waals surface area contributed by atoms with Crippen LogP contribution in [0.4, 0.5) is 4.39 Å². The van der Waals surface area contributed by atoms with Crippen LogP contribution in [0.15, 0.2) is 24.8 Å². The van der Waals surface area contributed by atoms with Crippen LogP contribution >= 0.6 is 0 Å². The fourth-order valence-corrected chi connectivity index (χ4v) is 2.34. The molecule has 3 nitrogen and oxygen atoms in total. The fourth-order valence-electron chi connectivity index (χ4n) is 2.34. The van der Waals surface area contributed by atoms with Crippen molar-refractivity contribution in [3.05, 3.63) is 47.4 Å². The lowest BCUT2D eigenvalue weighted by molar-refractivity contribution is -0.116. The summed E-state index contributed by atoms with van der Waals surface area (Å²) in [6.45, 7) is 7.79. The van der Waals surface area contributed by atoms with Gasteiger partial charge in [-0.25, -0.2) is 4.39 Å². The van der Waals surface area contributed by atoms with Crippen LogP contribution in [0.1, 0.15) is 16.8 Å². The van der Waals surface area contributed by atoms with Crippen molar-refractivity contribution in [1.29, 1.82) is 0 Å². The molecule has 100 valence electrons. The molecule has 0 aliphatic heterocycles. The third kappa shape index (κ3) is 2.52. The van der Waals surface area contributed by atoms with Crippen molar-refractivity contribution in [1.82, 2.24) is 10.3 Å². The molecule has 1 amide bonds. The second-order valence-corrected chi connectivity index (χ2v) is 4.59. The van der Waals surface area contributed by atoms with Crippen molar-refractivity contribution in [2.45, 2.75) is 20.3 Å². The number of amides is 1. The minimum Gasteiger partial charge on any atom is -0.356 e. The maximum atomic E-state index is 13.8. The molecule has 2 rings (SSSR count). The maximum absolute atomic E-state index is 13.8. The van der Waals surface area contributed by atoms with E-state index in [1.54, 1.807) is 6.07 Å². The summed E-state index contributed by atoms with van der Waals surface area (Å²) in [5.41, 5.74) is 3.57. The lowest BCUT2D eigenvalue weighted by Crippen LogP contribution is -2.23. The van der Waals surface area contributed by atoms with Crippen molar-refractivity contribution in [3.63, 3.8) is 0 Å². The van der Waals surface area contributed by atoms with E-state index in [4.69, 9.17) is 0 Å². The molecule has 1 heterocycles. The highest BCUT2D eigenvalue weighted by molar-refractivity contribution is 5.89. The quantitative estimate of drug-likeness (QED) is 0.816. The maximum Gasteiger partial charge on any atom is 0.243 e. The number of rotatable bonds is 4. The Hall–Kier alpha value is -2.10. The summed E-state index contributed by atoms with van der Waals surface area (Å²) in [6.07, 6.45) is 1.91. The lowest BCUT2D eigenvalue weighted by atomic mass is 10.0. The van der Waals surface area contributed by atoms with E-state index in [-0.39, 0.29) is 11.7 Å². The predicted molar refractivity (Wildman–Crippen MR) is 74.6 cm³/mol. The first kappa shape index (κ1) is 13.3. The largest absolute Gasteiger partial charge is 0.356 e. The number of fused-ring (bicyclic) bond motifs is 1. The van der Waals surface area contributed by atoms with Gasteiger partial charge in [0.1, 0.15) is 5.82 Å². The van der Waals surface area contributed by atoms with Gasteiger partial charge in [0, 0.05) is 17.6 Å². The smallest absolute Gasteiger partial charge is 0.243 e. The highest BCUT2D eigenvalue weighted by atomic mass is 19.1. The highest BCUT2D eigenvalue weighted by Crippen LogP contribution is 2.27. The van der Waals surface area contributed by atoms with E-state index in [0.717, 1.165) is 22.2 Å². The Balaban J connectivity index is 2.32. The van der Waals surface area contributed by atoms with Crippen LogP contribution in [0.5, 0.6) is 0 Å². The molecular formula is C15H17FN2O. The van der Waals surface area contributed by atoms with E-state index >= 15 is 0 Å². The fraction of sp³-hybridized carbons (Fsp3) is 0.267. The van der Waals surface area contributed by atoms with E-state index in [1.165, 1.54) is 12.1 Å². The number of hydrogen-bond donors (Lipinski definition) is 2. The van der Waals surface area contributed by atoms with E-state index in [1.807, 2.05) is 13.8 Å². The first-order valence-corrected chi connectivity index (χ1v) is 6.21. The monoisotopic (exact) mass is 260 g/mol. The standard InChI is InChI=1S/C15H17FN2O/c1-4-13(19)17-8-7-11-10(3)18-15-12(16)6-5-9(2)14(11)15/h4-6,18H,1,7-8H2,2-3H3,(H,17,19). The molecule has 0 bridgehead atoms. The van der Waals surface area contributed by atoms with E-state index in [0.29, 0.717) is 18.5 Å². The van der Waals surface area contributed by atoms with Crippen LogP contribution in [-0.4, -0.2) is 17.4 Å². The molecule has 0 fully saturated rings. The summed E-state index contributed by atoms with van der Waals surface area (Å²) in [7, 11) is 0. The zero-order valence-corrected chi connectivity index (χ0v) is 11.1. The molecule has 0 saturated heterocycles. The highest BCUT2D eigenvalue weighted by Gasteiger charge is 2.13. The molecule has 0 spiro atoms. The van der Waals surface area contributed by atoms with Crippen LogP contribution in [0.25, 0.3) is 10.9 Å². The molecule has 2 aromatic rings. The lowest BCUT2D eigenvalue weighted by Gasteiger charge is -2.05. The second-order valence-electron chi connectivity index (χ2n) is 4.59. The molecule has 1 aromatic heterocycles. The zero-order chi connectivity index (χ0) is 14.0. The molecule has 0 aliphatic rings. The third-order valence-corrected chi connectivity index (χ3v) is 3.29. The zero-order valence-electron chi connectivity index (χ0n) is 11.1. The van der Waals surface area contributed by atoms with Crippen LogP contribution in [0.3, 0.4) is 0 Å². The van der Waals surface area contributed by atoms with Crippen molar-refractivity contribution in [2.24, 2.45) is 0 Å². The summed E-state index contributed by atoms with van der Waals surface area (Å²) in [5, 5.41) is 3.65. The van der Waals surface area contributed by atoms with Gasteiger partial charge in [0.2, 0.25) is 5.91 Å². The summed E-state index contributed by atoms with van der Waals surface area (Å²) < 4.78 is 13.8. The number of aryl methyl sites for hydroxylation is 2. The Labute approximate surface area is 111 Å². The summed E-state index contributed by atoms with van der Waals surface area (Å²) >= 11 is 0. The Morgan fingerprint density at radius 2 is 2.21 bits per heavy atom. The molecule has 0 saturated carbocycles. The normalized spacial score (nSPS) is 10.7. The van der Waals surface area contributed by atoms with Crippen molar-refractivity contribution < 1.29 is 9.18 Å². The van der Waals surface area contributed by atoms with Crippen LogP contribution < -0.4 is 5.32 Å². The first-order chi connectivity index (χ1) is 9.04. The summed E-state index contributed by atoms with van der Waals surface area (Å²) in [6, 6.07) is 3.24. The van der Waals surface area contributed by atoms with Crippen LogP contribution in [0.2, 0.25) is 0 Å². The average molecular weight is 260 g/mol. The Kier molecular flexibility index (Phi) is 3.69. The SMILES string of the molecule is C=CC(=O)NCCc1c(C)[nH]c2c(F)ccc(C)c12. The van der Waals surface area contributed by atoms with Gasteiger partial charge in [-0.2, -0.15) is 0 Å². The molecular weight excluding hydrogens is 243 g/mol. The first-order valence-electron chi connectivity index (χ1n) is 6.21. The number of carbonyl (C=O) groups is 1. The minimum atomic E-state index is -0.245. The van der Waals surface area contributed by atoms with Gasteiger partial charge in [0.25, 0.3) is 0 Å². The molecule has 0 unspecified atom stereocenters. The minimum absolute atomic E-state index is 0.194. The molecule has 0 atom stereocenters. The molecule has 2 N–H and O–H groups in total. The molecule has 19 heavy (non-hydrogen) atoms. The van der Waals surface area contributed by atoms with Gasteiger partial charge < -0.3 is 10.3 Å².